The molecule has 2 aromatic carbocycles. The molecule has 3 heterocycles. The van der Waals surface area contributed by atoms with Crippen LogP contribution in [-0.4, -0.2) is 39.1 Å². The third-order valence-corrected chi connectivity index (χ3v) is 8.48. The number of thiophene rings is 1. The van der Waals surface area contributed by atoms with Crippen molar-refractivity contribution >= 4 is 58.2 Å². The van der Waals surface area contributed by atoms with E-state index in [2.05, 4.69) is 61.3 Å². The molecule has 0 unspecified atom stereocenters. The summed E-state index contributed by atoms with van der Waals surface area (Å²) in [4.78, 5) is 1.05. The van der Waals surface area contributed by atoms with E-state index in [0.29, 0.717) is 5.95 Å². The lowest BCUT2D eigenvalue weighted by Crippen LogP contribution is -2.06. The van der Waals surface area contributed by atoms with Crippen LogP contribution < -0.4 is 9.46 Å². The van der Waals surface area contributed by atoms with Crippen LogP contribution in [-0.2, 0) is 6.42 Å². The highest BCUT2D eigenvalue weighted by molar-refractivity contribution is 8.00. The summed E-state index contributed by atoms with van der Waals surface area (Å²) in [5.41, 5.74) is 4.77. The lowest BCUT2D eigenvalue weighted by Gasteiger charge is -2.18. The van der Waals surface area contributed by atoms with E-state index in [1.165, 1.54) is 16.7 Å². The second kappa shape index (κ2) is 11.6. The summed E-state index contributed by atoms with van der Waals surface area (Å²) in [5, 5.41) is 11.9. The standard InChI is InChI=1S/C26H25ClN4OS3/c1-32-23-9-6-20(19-11-14-33-15-12-19)17-22(23)31-25(24-3-2-13-34-24)28-29-26(31)30-35-16-10-18-4-7-21(27)8-5-18/h2-9,11,13,17H,10,12,14-16H2,1H3,(H,29,30). The fourth-order valence-corrected chi connectivity index (χ4v) is 6.31. The monoisotopic (exact) mass is 540 g/mol. The zero-order valence-corrected chi connectivity index (χ0v) is 22.4. The van der Waals surface area contributed by atoms with Crippen molar-refractivity contribution in [1.82, 2.24) is 14.8 Å². The van der Waals surface area contributed by atoms with Crippen LogP contribution in [0.3, 0.4) is 0 Å². The fraction of sp³-hybridized carbons (Fsp3) is 0.231. The highest BCUT2D eigenvalue weighted by Gasteiger charge is 2.21. The molecular weight excluding hydrogens is 516 g/mol. The molecule has 0 bridgehead atoms. The number of benzene rings is 2. The number of ether oxygens (including phenoxy) is 1. The lowest BCUT2D eigenvalue weighted by atomic mass is 10.0. The van der Waals surface area contributed by atoms with Gasteiger partial charge < -0.3 is 4.74 Å². The molecule has 5 rings (SSSR count). The van der Waals surface area contributed by atoms with Crippen LogP contribution in [0.15, 0.2) is 66.1 Å². The molecule has 0 amide bonds. The molecule has 0 spiro atoms. The zero-order chi connectivity index (χ0) is 24.0. The molecule has 1 aliphatic heterocycles. The number of halogens is 1. The Balaban J connectivity index is 1.45. The first-order valence-electron chi connectivity index (χ1n) is 11.3. The van der Waals surface area contributed by atoms with E-state index in [1.54, 1.807) is 30.4 Å². The van der Waals surface area contributed by atoms with Crippen molar-refractivity contribution in [2.45, 2.75) is 12.8 Å². The molecular formula is C26H25ClN4OS3. The van der Waals surface area contributed by atoms with Crippen LogP contribution in [0.25, 0.3) is 22.0 Å². The van der Waals surface area contributed by atoms with Gasteiger partial charge in [0.15, 0.2) is 5.82 Å². The van der Waals surface area contributed by atoms with Gasteiger partial charge in [0.25, 0.3) is 0 Å². The van der Waals surface area contributed by atoms with Gasteiger partial charge >= 0.3 is 0 Å². The minimum atomic E-state index is 0.679. The van der Waals surface area contributed by atoms with Gasteiger partial charge in [-0.05, 0) is 83.0 Å². The summed E-state index contributed by atoms with van der Waals surface area (Å²) < 4.78 is 11.3. The van der Waals surface area contributed by atoms with Crippen LogP contribution >= 0.6 is 46.6 Å². The van der Waals surface area contributed by atoms with E-state index in [-0.39, 0.29) is 0 Å². The van der Waals surface area contributed by atoms with Gasteiger partial charge in [0, 0.05) is 16.5 Å². The molecule has 2 aromatic heterocycles. The molecule has 0 aliphatic carbocycles. The van der Waals surface area contributed by atoms with Gasteiger partial charge in [-0.3, -0.25) is 9.29 Å². The van der Waals surface area contributed by atoms with Gasteiger partial charge in [-0.15, -0.1) is 21.5 Å². The SMILES string of the molecule is COc1ccc(C2=CCSCC2)cc1-n1c(NSCCc2ccc(Cl)cc2)nnc1-c1cccs1. The van der Waals surface area contributed by atoms with Gasteiger partial charge in [0.2, 0.25) is 5.95 Å². The van der Waals surface area contributed by atoms with Gasteiger partial charge in [-0.25, -0.2) is 0 Å². The topological polar surface area (TPSA) is 52.0 Å². The first kappa shape index (κ1) is 24.3. The highest BCUT2D eigenvalue weighted by Crippen LogP contribution is 2.36. The Labute approximate surface area is 223 Å². The van der Waals surface area contributed by atoms with E-state index in [0.717, 1.165) is 57.3 Å². The van der Waals surface area contributed by atoms with Crippen molar-refractivity contribution in [3.05, 3.63) is 82.2 Å². The van der Waals surface area contributed by atoms with Crippen LogP contribution in [0, 0.1) is 0 Å². The molecule has 9 heteroatoms. The molecule has 0 saturated carbocycles. The third kappa shape index (κ3) is 5.72. The first-order chi connectivity index (χ1) is 17.2. The average molecular weight is 541 g/mol. The van der Waals surface area contributed by atoms with Crippen molar-refractivity contribution in [2.75, 3.05) is 29.1 Å². The predicted octanol–water partition coefficient (Wildman–Crippen LogP) is 7.48. The van der Waals surface area contributed by atoms with E-state index < -0.39 is 0 Å². The number of anilines is 1. The number of hydrogen-bond donors (Lipinski definition) is 1. The number of methoxy groups -OCH3 is 1. The molecule has 4 aromatic rings. The average Bonchev–Trinajstić information content (AvgIpc) is 3.58. The van der Waals surface area contributed by atoms with Gasteiger partial charge in [-0.2, -0.15) is 11.8 Å². The van der Waals surface area contributed by atoms with Crippen molar-refractivity contribution < 1.29 is 4.74 Å². The second-order valence-electron chi connectivity index (χ2n) is 7.93. The largest absolute Gasteiger partial charge is 0.495 e. The number of aryl methyl sites for hydroxylation is 1. The molecule has 5 nitrogen and oxygen atoms in total. The number of nitrogens with zero attached hydrogens (tertiary/aromatic N) is 3. The minimum absolute atomic E-state index is 0.679. The number of allylic oxidation sites excluding steroid dienone is 1. The number of nitrogens with one attached hydrogen (secondary N) is 1. The van der Waals surface area contributed by atoms with Crippen LogP contribution in [0.4, 0.5) is 5.95 Å². The predicted molar refractivity (Wildman–Crippen MR) is 152 cm³/mol. The van der Waals surface area contributed by atoms with Crippen LogP contribution in [0.1, 0.15) is 17.5 Å². The van der Waals surface area contributed by atoms with E-state index in [4.69, 9.17) is 16.3 Å². The summed E-state index contributed by atoms with van der Waals surface area (Å²) >= 11 is 11.2. The first-order valence-corrected chi connectivity index (χ1v) is 14.7. The molecule has 35 heavy (non-hydrogen) atoms. The highest BCUT2D eigenvalue weighted by atomic mass is 35.5. The fourth-order valence-electron chi connectivity index (χ4n) is 3.93. The van der Waals surface area contributed by atoms with E-state index in [9.17, 15) is 0 Å². The summed E-state index contributed by atoms with van der Waals surface area (Å²) in [6, 6.07) is 18.5. The normalized spacial score (nSPS) is 13.5. The summed E-state index contributed by atoms with van der Waals surface area (Å²) in [5.74, 6) is 5.34. The van der Waals surface area contributed by atoms with Gasteiger partial charge in [0.05, 0.1) is 17.7 Å². The molecule has 0 saturated heterocycles. The van der Waals surface area contributed by atoms with Crippen molar-refractivity contribution in [2.24, 2.45) is 0 Å². The second-order valence-corrected chi connectivity index (χ2v) is 11.4. The quantitative estimate of drug-likeness (QED) is 0.175. The van der Waals surface area contributed by atoms with Gasteiger partial charge in [-0.1, -0.05) is 41.9 Å². The Bertz CT molecular complexity index is 1300. The smallest absolute Gasteiger partial charge is 0.239 e. The van der Waals surface area contributed by atoms with Crippen LogP contribution in [0.5, 0.6) is 5.75 Å². The number of aromatic nitrogens is 3. The van der Waals surface area contributed by atoms with Crippen molar-refractivity contribution in [3.8, 4) is 22.1 Å². The minimum Gasteiger partial charge on any atom is -0.495 e. The summed E-state index contributed by atoms with van der Waals surface area (Å²) in [6.45, 7) is 0. The maximum Gasteiger partial charge on any atom is 0.239 e. The summed E-state index contributed by atoms with van der Waals surface area (Å²) in [6.07, 6.45) is 4.33. The van der Waals surface area contributed by atoms with Crippen LogP contribution in [0.2, 0.25) is 5.02 Å². The van der Waals surface area contributed by atoms with Gasteiger partial charge in [0.1, 0.15) is 5.75 Å². The Morgan fingerprint density at radius 3 is 2.77 bits per heavy atom. The van der Waals surface area contributed by atoms with Crippen molar-refractivity contribution in [3.63, 3.8) is 0 Å². The number of hydrogen-bond acceptors (Lipinski definition) is 7. The summed E-state index contributed by atoms with van der Waals surface area (Å²) in [7, 11) is 1.71. The Morgan fingerprint density at radius 1 is 1.14 bits per heavy atom. The maximum absolute atomic E-state index is 6.01. The third-order valence-electron chi connectivity index (χ3n) is 5.73. The molecule has 0 atom stereocenters. The molecule has 1 N–H and O–H groups in total. The lowest BCUT2D eigenvalue weighted by molar-refractivity contribution is 0.413. The van der Waals surface area contributed by atoms with E-state index >= 15 is 0 Å². The van der Waals surface area contributed by atoms with Crippen molar-refractivity contribution in [1.29, 1.82) is 0 Å². The molecule has 1 aliphatic rings. The maximum atomic E-state index is 6.01. The Morgan fingerprint density at radius 2 is 2.03 bits per heavy atom. The number of rotatable bonds is 9. The molecule has 0 fully saturated rings. The van der Waals surface area contributed by atoms with E-state index in [1.807, 2.05) is 36.0 Å². The Kier molecular flexibility index (Phi) is 8.03. The zero-order valence-electron chi connectivity index (χ0n) is 19.2. The number of thioether (sulfide) groups is 1. The molecule has 0 radical (unpaired) electrons. The molecule has 180 valence electrons. The Hall–Kier alpha value is -2.39.